The summed E-state index contributed by atoms with van der Waals surface area (Å²) in [4.78, 5) is 11.6. The first-order valence-corrected chi connectivity index (χ1v) is 10.8. The van der Waals surface area contributed by atoms with Gasteiger partial charge >= 0.3 is 5.97 Å². The number of aromatic carboxylic acids is 1. The number of ether oxygens (including phenoxy) is 1. The van der Waals surface area contributed by atoms with Crippen LogP contribution in [0, 0.1) is 0 Å². The van der Waals surface area contributed by atoms with Crippen molar-refractivity contribution in [2.24, 2.45) is 0 Å². The summed E-state index contributed by atoms with van der Waals surface area (Å²) in [6, 6.07) is 14.6. The smallest absolute Gasteiger partial charge is 0.352 e. The predicted octanol–water partition coefficient (Wildman–Crippen LogP) is 7.32. The standard InChI is InChI=1S/C24H25Cl2NO3/c1-2-3-4-5-12-27-15-18(14-23(27)24(28)29)17-6-9-21(10-7-17)30-16-19-13-20(25)8-11-22(19)26/h6-11,13-15H,2-5,12,16H2,1H3,(H,28,29). The van der Waals surface area contributed by atoms with E-state index in [-0.39, 0.29) is 0 Å². The molecule has 0 atom stereocenters. The molecular formula is C24H25Cl2NO3. The fourth-order valence-electron chi connectivity index (χ4n) is 3.30. The van der Waals surface area contributed by atoms with E-state index in [1.807, 2.05) is 35.0 Å². The molecule has 4 nitrogen and oxygen atoms in total. The maximum absolute atomic E-state index is 11.6. The molecule has 6 heteroatoms. The van der Waals surface area contributed by atoms with Gasteiger partial charge in [0.05, 0.1) is 0 Å². The van der Waals surface area contributed by atoms with Crippen LogP contribution >= 0.6 is 23.2 Å². The van der Waals surface area contributed by atoms with Gasteiger partial charge < -0.3 is 14.4 Å². The second-order valence-electron chi connectivity index (χ2n) is 7.22. The minimum atomic E-state index is -0.907. The number of carboxylic acids is 1. The van der Waals surface area contributed by atoms with Crippen LogP contribution in [-0.2, 0) is 13.2 Å². The van der Waals surface area contributed by atoms with Crippen LogP contribution in [-0.4, -0.2) is 15.6 Å². The van der Waals surface area contributed by atoms with E-state index < -0.39 is 5.97 Å². The Hall–Kier alpha value is -2.43. The van der Waals surface area contributed by atoms with Crippen molar-refractivity contribution in [3.05, 3.63) is 76.0 Å². The fraction of sp³-hybridized carbons (Fsp3) is 0.292. The second-order valence-corrected chi connectivity index (χ2v) is 8.07. The number of unbranched alkanes of at least 4 members (excludes halogenated alkanes) is 3. The summed E-state index contributed by atoms with van der Waals surface area (Å²) in [6.45, 7) is 3.19. The minimum absolute atomic E-state index is 0.316. The third-order valence-corrected chi connectivity index (χ3v) is 5.56. The number of rotatable bonds is 10. The molecule has 0 aliphatic heterocycles. The topological polar surface area (TPSA) is 51.5 Å². The first-order chi connectivity index (χ1) is 14.5. The summed E-state index contributed by atoms with van der Waals surface area (Å²) in [5.74, 6) is -0.206. The van der Waals surface area contributed by atoms with Gasteiger partial charge in [-0.2, -0.15) is 0 Å². The van der Waals surface area contributed by atoms with E-state index in [1.54, 1.807) is 24.3 Å². The van der Waals surface area contributed by atoms with Crippen molar-refractivity contribution in [2.75, 3.05) is 0 Å². The number of hydrogen-bond donors (Lipinski definition) is 1. The van der Waals surface area contributed by atoms with Gasteiger partial charge in [-0.25, -0.2) is 4.79 Å². The van der Waals surface area contributed by atoms with Crippen molar-refractivity contribution >= 4 is 29.2 Å². The van der Waals surface area contributed by atoms with Crippen LogP contribution < -0.4 is 4.74 Å². The van der Waals surface area contributed by atoms with E-state index in [9.17, 15) is 9.90 Å². The molecule has 1 aromatic heterocycles. The van der Waals surface area contributed by atoms with Gasteiger partial charge in [-0.15, -0.1) is 0 Å². The molecule has 2 aromatic carbocycles. The van der Waals surface area contributed by atoms with Crippen molar-refractivity contribution in [3.63, 3.8) is 0 Å². The van der Waals surface area contributed by atoms with E-state index in [0.717, 1.165) is 36.0 Å². The number of halogens is 2. The lowest BCUT2D eigenvalue weighted by atomic mass is 10.1. The van der Waals surface area contributed by atoms with E-state index >= 15 is 0 Å². The highest BCUT2D eigenvalue weighted by molar-refractivity contribution is 6.33. The number of benzene rings is 2. The van der Waals surface area contributed by atoms with Crippen LogP contribution in [0.3, 0.4) is 0 Å². The zero-order valence-corrected chi connectivity index (χ0v) is 18.4. The molecule has 0 aliphatic carbocycles. The monoisotopic (exact) mass is 445 g/mol. The summed E-state index contributed by atoms with van der Waals surface area (Å²) < 4.78 is 7.65. The Kier molecular flexibility index (Phi) is 7.83. The van der Waals surface area contributed by atoms with E-state index in [2.05, 4.69) is 6.92 Å². The fourth-order valence-corrected chi connectivity index (χ4v) is 3.67. The second kappa shape index (κ2) is 10.6. The molecule has 0 aliphatic rings. The molecule has 3 aromatic rings. The molecule has 30 heavy (non-hydrogen) atoms. The zero-order chi connectivity index (χ0) is 21.5. The first kappa shape index (κ1) is 22.3. The van der Waals surface area contributed by atoms with Crippen LogP contribution in [0.25, 0.3) is 11.1 Å². The average molecular weight is 446 g/mol. The Balaban J connectivity index is 1.69. The molecule has 0 spiro atoms. The Morgan fingerprint density at radius 2 is 1.77 bits per heavy atom. The van der Waals surface area contributed by atoms with Crippen LogP contribution in [0.5, 0.6) is 5.75 Å². The minimum Gasteiger partial charge on any atom is -0.489 e. The van der Waals surface area contributed by atoms with Gasteiger partial charge in [-0.1, -0.05) is 61.5 Å². The largest absolute Gasteiger partial charge is 0.489 e. The predicted molar refractivity (Wildman–Crippen MR) is 122 cm³/mol. The van der Waals surface area contributed by atoms with Crippen LogP contribution in [0.2, 0.25) is 10.0 Å². The molecular weight excluding hydrogens is 421 g/mol. The number of nitrogens with zero attached hydrogens (tertiary/aromatic N) is 1. The zero-order valence-electron chi connectivity index (χ0n) is 16.9. The molecule has 1 N–H and O–H groups in total. The Morgan fingerprint density at radius 3 is 2.47 bits per heavy atom. The van der Waals surface area contributed by atoms with Crippen molar-refractivity contribution < 1.29 is 14.6 Å². The van der Waals surface area contributed by atoms with Gasteiger partial charge in [0.15, 0.2) is 0 Å². The summed E-state index contributed by atoms with van der Waals surface area (Å²) in [5.41, 5.74) is 2.96. The molecule has 0 bridgehead atoms. The number of aromatic nitrogens is 1. The van der Waals surface area contributed by atoms with Gasteiger partial charge in [0.1, 0.15) is 18.1 Å². The van der Waals surface area contributed by atoms with Crippen molar-refractivity contribution in [1.82, 2.24) is 4.57 Å². The van der Waals surface area contributed by atoms with Crippen LogP contribution in [0.15, 0.2) is 54.7 Å². The summed E-state index contributed by atoms with van der Waals surface area (Å²) in [7, 11) is 0. The summed E-state index contributed by atoms with van der Waals surface area (Å²) >= 11 is 12.2. The highest BCUT2D eigenvalue weighted by Crippen LogP contribution is 2.27. The van der Waals surface area contributed by atoms with Crippen LogP contribution in [0.1, 0.15) is 48.7 Å². The Labute approximate surface area is 187 Å². The number of carboxylic acid groups (broad SMARTS) is 1. The molecule has 0 amide bonds. The van der Waals surface area contributed by atoms with Crippen molar-refractivity contribution in [1.29, 1.82) is 0 Å². The summed E-state index contributed by atoms with van der Waals surface area (Å²) in [5, 5.41) is 10.8. The molecule has 0 unspecified atom stereocenters. The highest BCUT2D eigenvalue weighted by Gasteiger charge is 2.13. The van der Waals surface area contributed by atoms with E-state index in [4.69, 9.17) is 27.9 Å². The van der Waals surface area contributed by atoms with Gasteiger partial charge in [-0.3, -0.25) is 0 Å². The van der Waals surface area contributed by atoms with Crippen molar-refractivity contribution in [2.45, 2.75) is 45.8 Å². The summed E-state index contributed by atoms with van der Waals surface area (Å²) in [6.07, 6.45) is 6.31. The molecule has 0 saturated carbocycles. The lowest BCUT2D eigenvalue weighted by Crippen LogP contribution is -2.07. The van der Waals surface area contributed by atoms with E-state index in [0.29, 0.717) is 34.6 Å². The quantitative estimate of drug-likeness (QED) is 0.332. The third-order valence-electron chi connectivity index (χ3n) is 4.96. The average Bonchev–Trinajstić information content (AvgIpc) is 3.17. The number of hydrogen-bond acceptors (Lipinski definition) is 2. The Bertz CT molecular complexity index is 996. The molecule has 3 rings (SSSR count). The molecule has 0 radical (unpaired) electrons. The molecule has 0 fully saturated rings. The third kappa shape index (κ3) is 5.80. The maximum Gasteiger partial charge on any atom is 0.352 e. The van der Waals surface area contributed by atoms with Gasteiger partial charge in [-0.05, 0) is 48.4 Å². The number of aryl methyl sites for hydroxylation is 1. The molecule has 1 heterocycles. The lowest BCUT2D eigenvalue weighted by molar-refractivity contribution is 0.0685. The Morgan fingerprint density at radius 1 is 1.00 bits per heavy atom. The van der Waals surface area contributed by atoms with Crippen LogP contribution in [0.4, 0.5) is 0 Å². The maximum atomic E-state index is 11.6. The SMILES string of the molecule is CCCCCCn1cc(-c2ccc(OCc3cc(Cl)ccc3Cl)cc2)cc1C(=O)O. The van der Waals surface area contributed by atoms with Gasteiger partial charge in [0.2, 0.25) is 0 Å². The van der Waals surface area contributed by atoms with Gasteiger partial charge in [0.25, 0.3) is 0 Å². The first-order valence-electron chi connectivity index (χ1n) is 10.1. The lowest BCUT2D eigenvalue weighted by Gasteiger charge is -2.09. The molecule has 0 saturated heterocycles. The van der Waals surface area contributed by atoms with Crippen molar-refractivity contribution in [3.8, 4) is 16.9 Å². The molecule has 158 valence electrons. The highest BCUT2D eigenvalue weighted by atomic mass is 35.5. The number of carbonyl (C=O) groups is 1. The van der Waals surface area contributed by atoms with Gasteiger partial charge in [0, 0.05) is 33.9 Å². The normalized spacial score (nSPS) is 10.9. The van der Waals surface area contributed by atoms with E-state index in [1.165, 1.54) is 6.42 Å².